The second-order valence-corrected chi connectivity index (χ2v) is 5.33. The highest BCUT2D eigenvalue weighted by molar-refractivity contribution is 6.31. The standard InChI is InChI=1S/C16H15ClF2N2O/c1-10(12-4-2-3-5-13(12)17)20-9-16(22)21-11-6-7-14(18)15(19)8-11/h2-8,10,20H,9H2,1H3,(H,21,22)/p+1/t10-/m1/s1. The van der Waals surface area contributed by atoms with E-state index in [4.69, 9.17) is 11.6 Å². The van der Waals surface area contributed by atoms with Crippen molar-refractivity contribution >= 4 is 23.2 Å². The lowest BCUT2D eigenvalue weighted by Gasteiger charge is -2.12. The third kappa shape index (κ3) is 4.26. The molecule has 0 aliphatic rings. The molecule has 0 aliphatic carbocycles. The molecule has 116 valence electrons. The van der Waals surface area contributed by atoms with E-state index < -0.39 is 11.6 Å². The average molecular weight is 326 g/mol. The minimum Gasteiger partial charge on any atom is -0.332 e. The van der Waals surface area contributed by atoms with Gasteiger partial charge in [-0.05, 0) is 25.1 Å². The fourth-order valence-corrected chi connectivity index (χ4v) is 2.35. The molecule has 0 saturated heterocycles. The predicted octanol–water partition coefficient (Wildman–Crippen LogP) is 2.88. The van der Waals surface area contributed by atoms with E-state index in [1.165, 1.54) is 6.07 Å². The van der Waals surface area contributed by atoms with Crippen LogP contribution in [0.1, 0.15) is 18.5 Å². The molecule has 2 rings (SSSR count). The van der Waals surface area contributed by atoms with Crippen LogP contribution in [-0.4, -0.2) is 12.5 Å². The van der Waals surface area contributed by atoms with Crippen LogP contribution in [0.2, 0.25) is 5.02 Å². The largest absolute Gasteiger partial charge is 0.332 e. The van der Waals surface area contributed by atoms with Gasteiger partial charge in [0.2, 0.25) is 0 Å². The lowest BCUT2D eigenvalue weighted by molar-refractivity contribution is -0.682. The highest BCUT2D eigenvalue weighted by atomic mass is 35.5. The Bertz CT molecular complexity index is 679. The van der Waals surface area contributed by atoms with Crippen molar-refractivity contribution in [3.05, 3.63) is 64.7 Å². The summed E-state index contributed by atoms with van der Waals surface area (Å²) in [5.41, 5.74) is 1.16. The molecule has 0 radical (unpaired) electrons. The molecule has 3 N–H and O–H groups in total. The topological polar surface area (TPSA) is 45.7 Å². The maximum atomic E-state index is 13.1. The average Bonchev–Trinajstić information content (AvgIpc) is 2.49. The molecule has 1 atom stereocenters. The number of hydrogen-bond donors (Lipinski definition) is 2. The second-order valence-electron chi connectivity index (χ2n) is 4.93. The van der Waals surface area contributed by atoms with Crippen molar-refractivity contribution in [2.45, 2.75) is 13.0 Å². The Morgan fingerprint density at radius 2 is 1.95 bits per heavy atom. The maximum absolute atomic E-state index is 13.1. The van der Waals surface area contributed by atoms with Gasteiger partial charge < -0.3 is 10.6 Å². The van der Waals surface area contributed by atoms with Crippen molar-refractivity contribution < 1.29 is 18.9 Å². The number of carbonyl (C=O) groups excluding carboxylic acids is 1. The Labute approximate surface area is 132 Å². The lowest BCUT2D eigenvalue weighted by Crippen LogP contribution is -2.86. The fourth-order valence-electron chi connectivity index (χ4n) is 2.04. The van der Waals surface area contributed by atoms with Gasteiger partial charge in [0.25, 0.3) is 5.91 Å². The van der Waals surface area contributed by atoms with E-state index >= 15 is 0 Å². The van der Waals surface area contributed by atoms with Gasteiger partial charge in [-0.2, -0.15) is 0 Å². The second kappa shape index (κ2) is 7.33. The Morgan fingerprint density at radius 3 is 2.64 bits per heavy atom. The summed E-state index contributed by atoms with van der Waals surface area (Å²) < 4.78 is 25.9. The van der Waals surface area contributed by atoms with Crippen LogP contribution in [-0.2, 0) is 4.79 Å². The number of rotatable bonds is 5. The van der Waals surface area contributed by atoms with Crippen LogP contribution < -0.4 is 10.6 Å². The number of hydrogen-bond acceptors (Lipinski definition) is 1. The lowest BCUT2D eigenvalue weighted by atomic mass is 10.1. The molecule has 0 aromatic heterocycles. The van der Waals surface area contributed by atoms with Crippen LogP contribution in [0.3, 0.4) is 0 Å². The number of halogens is 3. The summed E-state index contributed by atoms with van der Waals surface area (Å²) >= 11 is 6.10. The molecular weight excluding hydrogens is 310 g/mol. The Balaban J connectivity index is 1.90. The first kappa shape index (κ1) is 16.4. The molecular formula is C16H16ClF2N2O+. The highest BCUT2D eigenvalue weighted by Gasteiger charge is 2.14. The van der Waals surface area contributed by atoms with E-state index in [9.17, 15) is 13.6 Å². The van der Waals surface area contributed by atoms with Gasteiger partial charge >= 0.3 is 0 Å². The number of anilines is 1. The first-order valence-electron chi connectivity index (χ1n) is 6.80. The molecule has 22 heavy (non-hydrogen) atoms. The van der Waals surface area contributed by atoms with Gasteiger partial charge in [-0.25, -0.2) is 8.78 Å². The first-order chi connectivity index (χ1) is 10.5. The van der Waals surface area contributed by atoms with E-state index in [0.717, 1.165) is 17.7 Å². The minimum absolute atomic E-state index is 0.00408. The third-order valence-electron chi connectivity index (χ3n) is 3.26. The molecule has 0 spiro atoms. The monoisotopic (exact) mass is 325 g/mol. The fraction of sp³-hybridized carbons (Fsp3) is 0.188. The smallest absolute Gasteiger partial charge is 0.279 e. The maximum Gasteiger partial charge on any atom is 0.279 e. The summed E-state index contributed by atoms with van der Waals surface area (Å²) in [7, 11) is 0. The summed E-state index contributed by atoms with van der Waals surface area (Å²) in [4.78, 5) is 11.8. The number of benzene rings is 2. The molecule has 0 fully saturated rings. The summed E-state index contributed by atoms with van der Waals surface area (Å²) in [6, 6.07) is 10.7. The number of amides is 1. The number of quaternary nitrogens is 1. The van der Waals surface area contributed by atoms with Crippen LogP contribution in [0.5, 0.6) is 0 Å². The minimum atomic E-state index is -0.994. The molecule has 2 aromatic rings. The zero-order valence-electron chi connectivity index (χ0n) is 11.9. The molecule has 2 aromatic carbocycles. The van der Waals surface area contributed by atoms with Crippen molar-refractivity contribution in [2.24, 2.45) is 0 Å². The van der Waals surface area contributed by atoms with E-state index in [1.54, 1.807) is 6.07 Å². The van der Waals surface area contributed by atoms with Crippen LogP contribution >= 0.6 is 11.6 Å². The summed E-state index contributed by atoms with van der Waals surface area (Å²) in [5.74, 6) is -2.24. The number of carbonyl (C=O) groups is 1. The third-order valence-corrected chi connectivity index (χ3v) is 3.60. The summed E-state index contributed by atoms with van der Waals surface area (Å²) in [6.07, 6.45) is 0. The van der Waals surface area contributed by atoms with E-state index in [2.05, 4.69) is 5.32 Å². The Morgan fingerprint density at radius 1 is 1.23 bits per heavy atom. The van der Waals surface area contributed by atoms with E-state index in [0.29, 0.717) is 5.02 Å². The normalized spacial score (nSPS) is 12.0. The number of nitrogens with one attached hydrogen (secondary N) is 1. The quantitative estimate of drug-likeness (QED) is 0.872. The SMILES string of the molecule is C[C@@H]([NH2+]CC(=O)Nc1ccc(F)c(F)c1)c1ccccc1Cl. The summed E-state index contributed by atoms with van der Waals surface area (Å²) in [6.45, 7) is 2.08. The molecule has 1 amide bonds. The van der Waals surface area contributed by atoms with Crippen molar-refractivity contribution in [2.75, 3.05) is 11.9 Å². The van der Waals surface area contributed by atoms with E-state index in [-0.39, 0.29) is 24.2 Å². The molecule has 0 saturated carbocycles. The van der Waals surface area contributed by atoms with Crippen LogP contribution in [0.4, 0.5) is 14.5 Å². The zero-order chi connectivity index (χ0) is 16.1. The van der Waals surface area contributed by atoms with Gasteiger partial charge in [0.1, 0.15) is 6.04 Å². The molecule has 0 unspecified atom stereocenters. The molecule has 0 bridgehead atoms. The summed E-state index contributed by atoms with van der Waals surface area (Å²) in [5, 5.41) is 4.98. The highest BCUT2D eigenvalue weighted by Crippen LogP contribution is 2.19. The van der Waals surface area contributed by atoms with Gasteiger partial charge in [0, 0.05) is 22.3 Å². The van der Waals surface area contributed by atoms with Crippen LogP contribution in [0.15, 0.2) is 42.5 Å². The van der Waals surface area contributed by atoms with Gasteiger partial charge in [-0.15, -0.1) is 0 Å². The Hall–Kier alpha value is -1.98. The van der Waals surface area contributed by atoms with Crippen LogP contribution in [0, 0.1) is 11.6 Å². The van der Waals surface area contributed by atoms with Gasteiger partial charge in [0.15, 0.2) is 18.2 Å². The van der Waals surface area contributed by atoms with Crippen molar-refractivity contribution in [3.8, 4) is 0 Å². The predicted molar refractivity (Wildman–Crippen MR) is 81.6 cm³/mol. The van der Waals surface area contributed by atoms with Crippen LogP contribution in [0.25, 0.3) is 0 Å². The number of nitrogens with two attached hydrogens (primary N) is 1. The van der Waals surface area contributed by atoms with E-state index in [1.807, 2.05) is 30.4 Å². The molecule has 6 heteroatoms. The molecule has 3 nitrogen and oxygen atoms in total. The van der Waals surface area contributed by atoms with Crippen molar-refractivity contribution in [3.63, 3.8) is 0 Å². The first-order valence-corrected chi connectivity index (χ1v) is 7.18. The molecule has 0 heterocycles. The Kier molecular flexibility index (Phi) is 5.46. The zero-order valence-corrected chi connectivity index (χ0v) is 12.7. The van der Waals surface area contributed by atoms with Gasteiger partial charge in [-0.3, -0.25) is 4.79 Å². The van der Waals surface area contributed by atoms with Crippen molar-refractivity contribution in [1.29, 1.82) is 0 Å². The molecule has 0 aliphatic heterocycles. The van der Waals surface area contributed by atoms with Gasteiger partial charge in [-0.1, -0.05) is 29.8 Å². The van der Waals surface area contributed by atoms with Crippen molar-refractivity contribution in [1.82, 2.24) is 0 Å². The van der Waals surface area contributed by atoms with Gasteiger partial charge in [0.05, 0.1) is 0 Å².